The largest absolute Gasteiger partial charge is 0.382 e. The fourth-order valence-corrected chi connectivity index (χ4v) is 2.95. The van der Waals surface area contributed by atoms with E-state index in [-0.39, 0.29) is 0 Å². The first-order valence-corrected chi connectivity index (χ1v) is 7.75. The van der Waals surface area contributed by atoms with Crippen molar-refractivity contribution in [3.05, 3.63) is 29.3 Å². The fourth-order valence-electron chi connectivity index (χ4n) is 2.95. The molecule has 1 aromatic rings. The molecule has 1 atom stereocenters. The topological polar surface area (TPSA) is 15.3 Å². The minimum Gasteiger partial charge on any atom is -0.382 e. The molecule has 0 aromatic heterocycles. The van der Waals surface area contributed by atoms with Gasteiger partial charge in [-0.25, -0.2) is 0 Å². The van der Waals surface area contributed by atoms with Crippen LogP contribution in [0.1, 0.15) is 43.7 Å². The second-order valence-electron chi connectivity index (χ2n) is 5.93. The Bertz CT molecular complexity index is 400. The van der Waals surface area contributed by atoms with Crippen molar-refractivity contribution in [2.75, 3.05) is 25.0 Å². The molecule has 2 heteroatoms. The Labute approximate surface area is 118 Å². The van der Waals surface area contributed by atoms with Crippen molar-refractivity contribution in [2.45, 2.75) is 52.5 Å². The van der Waals surface area contributed by atoms with Crippen LogP contribution in [0.15, 0.2) is 18.2 Å². The van der Waals surface area contributed by atoms with Gasteiger partial charge in [0.1, 0.15) is 0 Å². The minimum atomic E-state index is 0.641. The summed E-state index contributed by atoms with van der Waals surface area (Å²) in [6.07, 6.45) is 5.17. The smallest absolute Gasteiger partial charge is 0.0374 e. The highest BCUT2D eigenvalue weighted by atomic mass is 15.1. The molecule has 19 heavy (non-hydrogen) atoms. The molecule has 1 N–H and O–H groups in total. The first kappa shape index (κ1) is 14.4. The molecular weight excluding hydrogens is 232 g/mol. The normalized spacial score (nSPS) is 21.1. The van der Waals surface area contributed by atoms with Crippen molar-refractivity contribution in [3.63, 3.8) is 0 Å². The van der Waals surface area contributed by atoms with E-state index in [4.69, 9.17) is 0 Å². The predicted octanol–water partition coefficient (Wildman–Crippen LogP) is 3.98. The summed E-state index contributed by atoms with van der Waals surface area (Å²) in [5.41, 5.74) is 4.03. The second-order valence-corrected chi connectivity index (χ2v) is 5.93. The molecule has 0 spiro atoms. The van der Waals surface area contributed by atoms with Crippen LogP contribution in [-0.4, -0.2) is 30.6 Å². The van der Waals surface area contributed by atoms with Gasteiger partial charge in [0.05, 0.1) is 0 Å². The summed E-state index contributed by atoms with van der Waals surface area (Å²) in [6.45, 7) is 10.4. The number of aryl methyl sites for hydroxylation is 2. The van der Waals surface area contributed by atoms with Crippen molar-refractivity contribution in [1.82, 2.24) is 4.90 Å². The number of benzene rings is 1. The molecule has 0 aliphatic carbocycles. The van der Waals surface area contributed by atoms with E-state index in [0.29, 0.717) is 6.04 Å². The monoisotopic (exact) mass is 260 g/mol. The lowest BCUT2D eigenvalue weighted by molar-refractivity contribution is 0.285. The van der Waals surface area contributed by atoms with Crippen molar-refractivity contribution < 1.29 is 0 Å². The number of nitrogens with zero attached hydrogens (tertiary/aromatic N) is 1. The number of nitrogens with one attached hydrogen (secondary N) is 1. The van der Waals surface area contributed by atoms with Gasteiger partial charge in [-0.3, -0.25) is 0 Å². The molecule has 2 nitrogen and oxygen atoms in total. The summed E-state index contributed by atoms with van der Waals surface area (Å²) in [5, 5.41) is 3.77. The number of rotatable bonds is 4. The van der Waals surface area contributed by atoms with Gasteiger partial charge in [0.2, 0.25) is 0 Å². The van der Waals surface area contributed by atoms with Crippen LogP contribution in [0.2, 0.25) is 0 Å². The lowest BCUT2D eigenvalue weighted by Crippen LogP contribution is -2.27. The standard InChI is InChI=1S/C17H28N2/c1-4-10-19-11-5-6-16(9-12-19)18-17-13-14(2)7-8-15(17)3/h7-8,13,16,18H,4-6,9-12H2,1-3H3. The lowest BCUT2D eigenvalue weighted by atomic mass is 10.1. The average molecular weight is 260 g/mol. The van der Waals surface area contributed by atoms with Gasteiger partial charge in [-0.15, -0.1) is 0 Å². The van der Waals surface area contributed by atoms with E-state index < -0.39 is 0 Å². The Balaban J connectivity index is 1.94. The molecule has 106 valence electrons. The van der Waals surface area contributed by atoms with Crippen molar-refractivity contribution in [3.8, 4) is 0 Å². The highest BCUT2D eigenvalue weighted by molar-refractivity contribution is 5.53. The van der Waals surface area contributed by atoms with Crippen molar-refractivity contribution in [1.29, 1.82) is 0 Å². The molecule has 1 aliphatic heterocycles. The van der Waals surface area contributed by atoms with E-state index in [2.05, 4.69) is 49.2 Å². The maximum absolute atomic E-state index is 3.77. The Morgan fingerprint density at radius 3 is 2.84 bits per heavy atom. The number of hydrogen-bond donors (Lipinski definition) is 1. The number of likely N-dealkylation sites (tertiary alicyclic amines) is 1. The highest BCUT2D eigenvalue weighted by Crippen LogP contribution is 2.21. The SMILES string of the molecule is CCCN1CCCC(Nc2cc(C)ccc2C)CC1. The Morgan fingerprint density at radius 1 is 1.21 bits per heavy atom. The number of anilines is 1. The summed E-state index contributed by atoms with van der Waals surface area (Å²) in [4.78, 5) is 2.62. The van der Waals surface area contributed by atoms with E-state index >= 15 is 0 Å². The van der Waals surface area contributed by atoms with E-state index in [1.807, 2.05) is 0 Å². The van der Waals surface area contributed by atoms with Crippen molar-refractivity contribution in [2.24, 2.45) is 0 Å². The van der Waals surface area contributed by atoms with Gasteiger partial charge < -0.3 is 10.2 Å². The van der Waals surface area contributed by atoms with Gasteiger partial charge in [0.25, 0.3) is 0 Å². The molecule has 1 aliphatic rings. The lowest BCUT2D eigenvalue weighted by Gasteiger charge is -2.21. The van der Waals surface area contributed by atoms with Crippen molar-refractivity contribution >= 4 is 5.69 Å². The third kappa shape index (κ3) is 4.24. The van der Waals surface area contributed by atoms with Gasteiger partial charge in [0, 0.05) is 18.3 Å². The summed E-state index contributed by atoms with van der Waals surface area (Å²) < 4.78 is 0. The van der Waals surface area contributed by atoms with Crippen LogP contribution >= 0.6 is 0 Å². The van der Waals surface area contributed by atoms with Gasteiger partial charge in [-0.1, -0.05) is 19.1 Å². The van der Waals surface area contributed by atoms with E-state index in [1.54, 1.807) is 0 Å². The third-order valence-electron chi connectivity index (χ3n) is 4.11. The molecule has 1 unspecified atom stereocenters. The molecule has 0 bridgehead atoms. The van der Waals surface area contributed by atoms with Crippen LogP contribution in [0.25, 0.3) is 0 Å². The average Bonchev–Trinajstić information content (AvgIpc) is 2.60. The van der Waals surface area contributed by atoms with Crippen LogP contribution in [0.5, 0.6) is 0 Å². The van der Waals surface area contributed by atoms with Crippen LogP contribution in [-0.2, 0) is 0 Å². The zero-order valence-electron chi connectivity index (χ0n) is 12.7. The maximum Gasteiger partial charge on any atom is 0.0374 e. The van der Waals surface area contributed by atoms with Gasteiger partial charge in [-0.05, 0) is 69.8 Å². The van der Waals surface area contributed by atoms with Gasteiger partial charge in [-0.2, -0.15) is 0 Å². The summed E-state index contributed by atoms with van der Waals surface area (Å²) in [5.74, 6) is 0. The molecule has 2 rings (SSSR count). The zero-order chi connectivity index (χ0) is 13.7. The van der Waals surface area contributed by atoms with Crippen LogP contribution < -0.4 is 5.32 Å². The summed E-state index contributed by atoms with van der Waals surface area (Å²) >= 11 is 0. The van der Waals surface area contributed by atoms with Crippen LogP contribution in [0.3, 0.4) is 0 Å². The molecule has 0 amide bonds. The minimum absolute atomic E-state index is 0.641. The summed E-state index contributed by atoms with van der Waals surface area (Å²) in [6, 6.07) is 7.33. The zero-order valence-corrected chi connectivity index (χ0v) is 12.7. The van der Waals surface area contributed by atoms with E-state index in [9.17, 15) is 0 Å². The first-order valence-electron chi connectivity index (χ1n) is 7.75. The van der Waals surface area contributed by atoms with E-state index in [0.717, 1.165) is 0 Å². The molecule has 0 saturated carbocycles. The van der Waals surface area contributed by atoms with Gasteiger partial charge in [0.15, 0.2) is 0 Å². The quantitative estimate of drug-likeness (QED) is 0.881. The Hall–Kier alpha value is -1.02. The first-order chi connectivity index (χ1) is 9.19. The molecule has 1 fully saturated rings. The fraction of sp³-hybridized carbons (Fsp3) is 0.647. The van der Waals surface area contributed by atoms with E-state index in [1.165, 1.54) is 62.1 Å². The molecular formula is C17H28N2. The van der Waals surface area contributed by atoms with Gasteiger partial charge >= 0.3 is 0 Å². The second kappa shape index (κ2) is 6.95. The van der Waals surface area contributed by atoms with Crippen LogP contribution in [0, 0.1) is 13.8 Å². The maximum atomic E-state index is 3.77. The Morgan fingerprint density at radius 2 is 2.05 bits per heavy atom. The molecule has 1 aromatic carbocycles. The van der Waals surface area contributed by atoms with Crippen LogP contribution in [0.4, 0.5) is 5.69 Å². The molecule has 1 heterocycles. The molecule has 1 saturated heterocycles. The predicted molar refractivity (Wildman–Crippen MR) is 83.9 cm³/mol. The molecule has 0 radical (unpaired) electrons. The highest BCUT2D eigenvalue weighted by Gasteiger charge is 2.16. The Kier molecular flexibility index (Phi) is 5.26. The summed E-state index contributed by atoms with van der Waals surface area (Å²) in [7, 11) is 0. The third-order valence-corrected chi connectivity index (χ3v) is 4.11. The number of hydrogen-bond acceptors (Lipinski definition) is 2.